The summed E-state index contributed by atoms with van der Waals surface area (Å²) in [5, 5.41) is 1.16. The zero-order valence-corrected chi connectivity index (χ0v) is 12.5. The van der Waals surface area contributed by atoms with Crippen molar-refractivity contribution in [2.45, 2.75) is 25.3 Å². The Morgan fingerprint density at radius 1 is 1.19 bits per heavy atom. The Balaban J connectivity index is 1.84. The van der Waals surface area contributed by atoms with Crippen LogP contribution in [0.5, 0.6) is 0 Å². The number of aryl methyl sites for hydroxylation is 2. The number of nitrogens with one attached hydrogen (secondary N) is 1. The van der Waals surface area contributed by atoms with E-state index in [0.29, 0.717) is 0 Å². The second kappa shape index (κ2) is 5.22. The van der Waals surface area contributed by atoms with Gasteiger partial charge in [-0.1, -0.05) is 18.2 Å². The van der Waals surface area contributed by atoms with Gasteiger partial charge in [-0.25, -0.2) is 5.43 Å². The predicted octanol–water partition coefficient (Wildman–Crippen LogP) is 3.34. The quantitative estimate of drug-likeness (QED) is 0.575. The summed E-state index contributed by atoms with van der Waals surface area (Å²) in [4.78, 5) is 7.27. The van der Waals surface area contributed by atoms with Gasteiger partial charge in [-0.15, -0.1) is 11.3 Å². The van der Waals surface area contributed by atoms with Crippen LogP contribution in [0.25, 0.3) is 10.9 Å². The standard InChI is InChI=1S/C17H17N3S/c18-20-17(16-10-11-4-1-8-15(11)21-16)13-5-2-7-14-12(13)6-3-9-19-14/h2-3,5-7,9-10,17,20H,1,4,8,18H2. The summed E-state index contributed by atoms with van der Waals surface area (Å²) in [5.74, 6) is 5.88. The minimum absolute atomic E-state index is 0.0356. The zero-order chi connectivity index (χ0) is 14.2. The van der Waals surface area contributed by atoms with Gasteiger partial charge in [0.1, 0.15) is 0 Å². The van der Waals surface area contributed by atoms with Crippen LogP contribution in [-0.4, -0.2) is 4.98 Å². The van der Waals surface area contributed by atoms with Crippen molar-refractivity contribution in [1.82, 2.24) is 10.4 Å². The molecule has 0 amide bonds. The molecule has 0 saturated carbocycles. The van der Waals surface area contributed by atoms with E-state index in [0.717, 1.165) is 10.9 Å². The van der Waals surface area contributed by atoms with Gasteiger partial charge in [0.05, 0.1) is 11.6 Å². The highest BCUT2D eigenvalue weighted by Crippen LogP contribution is 2.37. The van der Waals surface area contributed by atoms with E-state index in [1.165, 1.54) is 40.1 Å². The summed E-state index contributed by atoms with van der Waals surface area (Å²) < 4.78 is 0. The first kappa shape index (κ1) is 13.0. The number of hydrogen-bond donors (Lipinski definition) is 2. The van der Waals surface area contributed by atoms with E-state index in [1.54, 1.807) is 0 Å². The molecule has 1 unspecified atom stereocenters. The number of nitrogens with two attached hydrogens (primary N) is 1. The summed E-state index contributed by atoms with van der Waals surface area (Å²) in [7, 11) is 0. The molecular weight excluding hydrogens is 278 g/mol. The topological polar surface area (TPSA) is 50.9 Å². The van der Waals surface area contributed by atoms with Gasteiger partial charge in [0.2, 0.25) is 0 Å². The summed E-state index contributed by atoms with van der Waals surface area (Å²) in [6, 6.07) is 12.7. The monoisotopic (exact) mass is 295 g/mol. The fourth-order valence-corrected chi connectivity index (χ4v) is 4.54. The molecule has 0 spiro atoms. The molecule has 106 valence electrons. The summed E-state index contributed by atoms with van der Waals surface area (Å²) >= 11 is 1.90. The van der Waals surface area contributed by atoms with Crippen molar-refractivity contribution < 1.29 is 0 Å². The third-order valence-electron chi connectivity index (χ3n) is 4.21. The second-order valence-electron chi connectivity index (χ2n) is 5.47. The molecule has 0 fully saturated rings. The third kappa shape index (κ3) is 2.16. The van der Waals surface area contributed by atoms with E-state index in [1.807, 2.05) is 29.7 Å². The first-order valence-electron chi connectivity index (χ1n) is 7.28. The first-order valence-corrected chi connectivity index (χ1v) is 8.10. The number of hydrazine groups is 1. The molecule has 0 bridgehead atoms. The summed E-state index contributed by atoms with van der Waals surface area (Å²) in [6.45, 7) is 0. The van der Waals surface area contributed by atoms with Crippen LogP contribution >= 0.6 is 11.3 Å². The molecule has 21 heavy (non-hydrogen) atoms. The van der Waals surface area contributed by atoms with Gasteiger partial charge in [-0.2, -0.15) is 0 Å². The maximum atomic E-state index is 5.88. The largest absolute Gasteiger partial charge is 0.271 e. The van der Waals surface area contributed by atoms with Crippen LogP contribution in [0.3, 0.4) is 0 Å². The van der Waals surface area contributed by atoms with Crippen molar-refractivity contribution in [2.24, 2.45) is 5.84 Å². The maximum Gasteiger partial charge on any atom is 0.0809 e. The lowest BCUT2D eigenvalue weighted by Crippen LogP contribution is -2.28. The molecule has 3 N–H and O–H groups in total. The smallest absolute Gasteiger partial charge is 0.0809 e. The molecule has 3 nitrogen and oxygen atoms in total. The highest BCUT2D eigenvalue weighted by Gasteiger charge is 2.22. The number of pyridine rings is 1. The number of nitrogens with zero attached hydrogens (tertiary/aromatic N) is 1. The molecule has 1 atom stereocenters. The van der Waals surface area contributed by atoms with E-state index in [4.69, 9.17) is 5.84 Å². The highest BCUT2D eigenvalue weighted by molar-refractivity contribution is 7.12. The maximum absolute atomic E-state index is 5.88. The van der Waals surface area contributed by atoms with E-state index in [2.05, 4.69) is 34.7 Å². The Morgan fingerprint density at radius 3 is 3.00 bits per heavy atom. The molecule has 1 aliphatic carbocycles. The van der Waals surface area contributed by atoms with Gasteiger partial charge < -0.3 is 0 Å². The molecule has 2 aromatic heterocycles. The molecule has 1 aromatic carbocycles. The van der Waals surface area contributed by atoms with Crippen molar-refractivity contribution in [3.63, 3.8) is 0 Å². The fourth-order valence-electron chi connectivity index (χ4n) is 3.20. The Kier molecular flexibility index (Phi) is 3.22. The molecule has 1 aliphatic rings. The van der Waals surface area contributed by atoms with Crippen molar-refractivity contribution in [3.8, 4) is 0 Å². The van der Waals surface area contributed by atoms with Crippen LogP contribution in [0.1, 0.15) is 33.3 Å². The number of fused-ring (bicyclic) bond motifs is 2. The third-order valence-corrected chi connectivity index (χ3v) is 5.51. The average Bonchev–Trinajstić information content (AvgIpc) is 3.10. The Bertz CT molecular complexity index is 767. The molecule has 0 aliphatic heterocycles. The molecule has 0 radical (unpaired) electrons. The normalized spacial score (nSPS) is 15.3. The lowest BCUT2D eigenvalue weighted by molar-refractivity contribution is 0.650. The number of aromatic nitrogens is 1. The minimum Gasteiger partial charge on any atom is -0.271 e. The highest BCUT2D eigenvalue weighted by atomic mass is 32.1. The Morgan fingerprint density at radius 2 is 2.14 bits per heavy atom. The minimum atomic E-state index is 0.0356. The van der Waals surface area contributed by atoms with Gasteiger partial charge in [0, 0.05) is 21.3 Å². The lowest BCUT2D eigenvalue weighted by atomic mass is 10.00. The van der Waals surface area contributed by atoms with E-state index in [-0.39, 0.29) is 6.04 Å². The van der Waals surface area contributed by atoms with Gasteiger partial charge >= 0.3 is 0 Å². The fraction of sp³-hybridized carbons (Fsp3) is 0.235. The van der Waals surface area contributed by atoms with Crippen LogP contribution in [0, 0.1) is 0 Å². The molecule has 3 aromatic rings. The molecule has 2 heterocycles. The zero-order valence-electron chi connectivity index (χ0n) is 11.7. The van der Waals surface area contributed by atoms with Crippen LogP contribution in [0.4, 0.5) is 0 Å². The Labute approximate surface area is 127 Å². The first-order chi connectivity index (χ1) is 10.4. The van der Waals surface area contributed by atoms with Gasteiger partial charge in [0.15, 0.2) is 0 Å². The second-order valence-corrected chi connectivity index (χ2v) is 6.64. The molecular formula is C17H17N3S. The number of hydrogen-bond acceptors (Lipinski definition) is 4. The number of rotatable bonds is 3. The van der Waals surface area contributed by atoms with Gasteiger partial charge in [-0.05, 0) is 48.6 Å². The lowest BCUT2D eigenvalue weighted by Gasteiger charge is -2.17. The van der Waals surface area contributed by atoms with Crippen LogP contribution in [-0.2, 0) is 12.8 Å². The molecule has 0 saturated heterocycles. The summed E-state index contributed by atoms with van der Waals surface area (Å²) in [5.41, 5.74) is 6.72. The number of benzene rings is 1. The van der Waals surface area contributed by atoms with Crippen molar-refractivity contribution in [3.05, 3.63) is 63.5 Å². The van der Waals surface area contributed by atoms with E-state index in [9.17, 15) is 0 Å². The molecule has 4 heteroatoms. The van der Waals surface area contributed by atoms with Crippen LogP contribution in [0.2, 0.25) is 0 Å². The van der Waals surface area contributed by atoms with Crippen molar-refractivity contribution >= 4 is 22.2 Å². The van der Waals surface area contributed by atoms with E-state index < -0.39 is 0 Å². The molecule has 4 rings (SSSR count). The Hall–Kier alpha value is -1.75. The number of thiophene rings is 1. The van der Waals surface area contributed by atoms with Gasteiger partial charge in [-0.3, -0.25) is 10.8 Å². The van der Waals surface area contributed by atoms with Gasteiger partial charge in [0.25, 0.3) is 0 Å². The van der Waals surface area contributed by atoms with Crippen molar-refractivity contribution in [2.75, 3.05) is 0 Å². The summed E-state index contributed by atoms with van der Waals surface area (Å²) in [6.07, 6.45) is 5.55. The van der Waals surface area contributed by atoms with Crippen LogP contribution < -0.4 is 11.3 Å². The average molecular weight is 295 g/mol. The van der Waals surface area contributed by atoms with Crippen LogP contribution in [0.15, 0.2) is 42.6 Å². The van der Waals surface area contributed by atoms with Crippen molar-refractivity contribution in [1.29, 1.82) is 0 Å². The van der Waals surface area contributed by atoms with E-state index >= 15 is 0 Å². The predicted molar refractivity (Wildman–Crippen MR) is 87.3 cm³/mol. The SMILES string of the molecule is NNC(c1cc2c(s1)CCC2)c1cccc2ncccc12.